The summed E-state index contributed by atoms with van der Waals surface area (Å²) in [5, 5.41) is 13.0. The minimum atomic E-state index is -0.527. The van der Waals surface area contributed by atoms with Crippen molar-refractivity contribution in [3.8, 4) is 11.5 Å². The number of phenols is 1. The van der Waals surface area contributed by atoms with Crippen LogP contribution in [0.2, 0.25) is 0 Å². The monoisotopic (exact) mass is 254 g/mol. The highest BCUT2D eigenvalue weighted by Crippen LogP contribution is 2.27. The molecule has 0 radical (unpaired) electrons. The second-order valence-electron chi connectivity index (χ2n) is 4.46. The van der Waals surface area contributed by atoms with Crippen molar-refractivity contribution in [1.82, 2.24) is 10.2 Å². The molecule has 2 rings (SSSR count). The molecule has 0 bridgehead atoms. The summed E-state index contributed by atoms with van der Waals surface area (Å²) in [7, 11) is 1.43. The van der Waals surface area contributed by atoms with Crippen molar-refractivity contribution in [2.24, 2.45) is 0 Å². The quantitative estimate of drug-likeness (QED) is 0.841. The molecule has 0 aromatic heterocycles. The third-order valence-electron chi connectivity index (χ3n) is 3.26. The molecule has 1 aliphatic rings. The van der Waals surface area contributed by atoms with Gasteiger partial charge in [-0.25, -0.2) is 4.39 Å². The Morgan fingerprint density at radius 2 is 2.11 bits per heavy atom. The number of phenolic OH excluding ortho intramolecular Hbond substituents is 1. The van der Waals surface area contributed by atoms with E-state index < -0.39 is 5.82 Å². The number of hydrogen-bond acceptors (Lipinski definition) is 4. The largest absolute Gasteiger partial charge is 0.508 e. The summed E-state index contributed by atoms with van der Waals surface area (Å²) in [6.07, 6.45) is 0.697. The van der Waals surface area contributed by atoms with Gasteiger partial charge >= 0.3 is 0 Å². The predicted octanol–water partition coefficient (Wildman–Crippen LogP) is 0.988. The zero-order valence-electron chi connectivity index (χ0n) is 10.6. The zero-order valence-corrected chi connectivity index (χ0v) is 10.6. The number of piperazine rings is 1. The maximum Gasteiger partial charge on any atom is 0.168 e. The van der Waals surface area contributed by atoms with Crippen molar-refractivity contribution < 1.29 is 14.2 Å². The highest BCUT2D eigenvalue weighted by Gasteiger charge is 2.13. The molecular weight excluding hydrogens is 235 g/mol. The maximum atomic E-state index is 13.3. The Labute approximate surface area is 106 Å². The number of methoxy groups -OCH3 is 1. The summed E-state index contributed by atoms with van der Waals surface area (Å²) in [5.41, 5.74) is 0.729. The number of ether oxygens (including phenoxy) is 1. The number of aromatic hydroxyl groups is 1. The maximum absolute atomic E-state index is 13.3. The van der Waals surface area contributed by atoms with Crippen LogP contribution in [0.4, 0.5) is 4.39 Å². The van der Waals surface area contributed by atoms with Gasteiger partial charge in [-0.3, -0.25) is 0 Å². The molecule has 1 aromatic rings. The van der Waals surface area contributed by atoms with E-state index in [9.17, 15) is 9.50 Å². The van der Waals surface area contributed by atoms with Gasteiger partial charge in [0.05, 0.1) is 7.11 Å². The zero-order chi connectivity index (χ0) is 13.0. The van der Waals surface area contributed by atoms with E-state index in [0.29, 0.717) is 6.42 Å². The number of benzene rings is 1. The standard InChI is InChI=1S/C13H19FN2O2/c1-18-13-8-10(12(17)9-11(13)14)2-5-16-6-3-15-4-7-16/h8-9,15,17H,2-7H2,1H3. The first-order chi connectivity index (χ1) is 8.70. The average molecular weight is 254 g/mol. The van der Waals surface area contributed by atoms with Crippen LogP contribution < -0.4 is 10.1 Å². The lowest BCUT2D eigenvalue weighted by molar-refractivity contribution is 0.243. The first-order valence-electron chi connectivity index (χ1n) is 6.19. The van der Waals surface area contributed by atoms with Crippen LogP contribution in [0.25, 0.3) is 0 Å². The molecule has 1 saturated heterocycles. The Hall–Kier alpha value is -1.33. The van der Waals surface area contributed by atoms with Gasteiger partial charge in [0.1, 0.15) is 5.75 Å². The van der Waals surface area contributed by atoms with Crippen LogP contribution in [0.3, 0.4) is 0 Å². The number of nitrogens with one attached hydrogen (secondary N) is 1. The summed E-state index contributed by atoms with van der Waals surface area (Å²) in [6.45, 7) is 4.89. The van der Waals surface area contributed by atoms with E-state index in [-0.39, 0.29) is 11.5 Å². The van der Waals surface area contributed by atoms with Crippen molar-refractivity contribution in [3.63, 3.8) is 0 Å². The Bertz CT molecular complexity index is 406. The Kier molecular flexibility index (Phi) is 4.38. The molecule has 1 aliphatic heterocycles. The van der Waals surface area contributed by atoms with E-state index in [1.54, 1.807) is 6.07 Å². The summed E-state index contributed by atoms with van der Waals surface area (Å²) in [6, 6.07) is 2.69. The van der Waals surface area contributed by atoms with E-state index in [4.69, 9.17) is 4.74 Å². The summed E-state index contributed by atoms with van der Waals surface area (Å²) >= 11 is 0. The molecule has 0 atom stereocenters. The second-order valence-corrected chi connectivity index (χ2v) is 4.46. The Morgan fingerprint density at radius 3 is 2.78 bits per heavy atom. The van der Waals surface area contributed by atoms with Crippen LogP contribution in [0.1, 0.15) is 5.56 Å². The third kappa shape index (κ3) is 3.11. The van der Waals surface area contributed by atoms with Gasteiger partial charge in [-0.2, -0.15) is 0 Å². The van der Waals surface area contributed by atoms with Crippen molar-refractivity contribution in [2.45, 2.75) is 6.42 Å². The van der Waals surface area contributed by atoms with E-state index >= 15 is 0 Å². The van der Waals surface area contributed by atoms with Crippen LogP contribution >= 0.6 is 0 Å². The van der Waals surface area contributed by atoms with Crippen LogP contribution in [0, 0.1) is 5.82 Å². The Morgan fingerprint density at radius 1 is 1.39 bits per heavy atom. The van der Waals surface area contributed by atoms with Gasteiger partial charge in [0.15, 0.2) is 11.6 Å². The summed E-state index contributed by atoms with van der Waals surface area (Å²) < 4.78 is 18.2. The van der Waals surface area contributed by atoms with Crippen LogP contribution in [-0.4, -0.2) is 49.8 Å². The highest BCUT2D eigenvalue weighted by atomic mass is 19.1. The molecule has 5 heteroatoms. The van der Waals surface area contributed by atoms with E-state index in [1.807, 2.05) is 0 Å². The number of nitrogens with zero attached hydrogens (tertiary/aromatic N) is 1. The molecule has 18 heavy (non-hydrogen) atoms. The average Bonchev–Trinajstić information content (AvgIpc) is 2.39. The SMILES string of the molecule is COc1cc(CCN2CCNCC2)c(O)cc1F. The van der Waals surface area contributed by atoms with Gasteiger partial charge < -0.3 is 20.1 Å². The van der Waals surface area contributed by atoms with Crippen LogP contribution in [-0.2, 0) is 6.42 Å². The predicted molar refractivity (Wildman–Crippen MR) is 67.6 cm³/mol. The number of rotatable bonds is 4. The van der Waals surface area contributed by atoms with Crippen molar-refractivity contribution in [2.75, 3.05) is 39.8 Å². The number of halogens is 1. The molecule has 0 saturated carbocycles. The molecule has 100 valence electrons. The summed E-state index contributed by atoms with van der Waals surface area (Å²) in [4.78, 5) is 2.33. The Balaban J connectivity index is 1.99. The molecule has 1 aromatic carbocycles. The lowest BCUT2D eigenvalue weighted by Gasteiger charge is -2.27. The van der Waals surface area contributed by atoms with Crippen LogP contribution in [0.15, 0.2) is 12.1 Å². The molecule has 1 fully saturated rings. The third-order valence-corrected chi connectivity index (χ3v) is 3.26. The van der Waals surface area contributed by atoms with Crippen LogP contribution in [0.5, 0.6) is 11.5 Å². The molecular formula is C13H19FN2O2. The van der Waals surface area contributed by atoms with Gasteiger partial charge in [-0.1, -0.05) is 0 Å². The smallest absolute Gasteiger partial charge is 0.168 e. The lowest BCUT2D eigenvalue weighted by atomic mass is 10.1. The topological polar surface area (TPSA) is 44.7 Å². The van der Waals surface area contributed by atoms with Crippen molar-refractivity contribution in [1.29, 1.82) is 0 Å². The fraction of sp³-hybridized carbons (Fsp3) is 0.538. The van der Waals surface area contributed by atoms with Crippen molar-refractivity contribution >= 4 is 0 Å². The minimum Gasteiger partial charge on any atom is -0.508 e. The second kappa shape index (κ2) is 6.02. The first-order valence-corrected chi connectivity index (χ1v) is 6.19. The van der Waals surface area contributed by atoms with Gasteiger partial charge in [0.25, 0.3) is 0 Å². The van der Waals surface area contributed by atoms with E-state index in [2.05, 4.69) is 10.2 Å². The fourth-order valence-corrected chi connectivity index (χ4v) is 2.15. The molecule has 0 unspecified atom stereocenters. The first kappa shape index (κ1) is 13.1. The lowest BCUT2D eigenvalue weighted by Crippen LogP contribution is -2.44. The van der Waals surface area contributed by atoms with Gasteiger partial charge in [0, 0.05) is 38.8 Å². The normalized spacial score (nSPS) is 16.8. The van der Waals surface area contributed by atoms with Crippen molar-refractivity contribution in [3.05, 3.63) is 23.5 Å². The minimum absolute atomic E-state index is 0.00318. The molecule has 4 nitrogen and oxygen atoms in total. The summed E-state index contributed by atoms with van der Waals surface area (Å²) in [5.74, 6) is -0.340. The molecule has 2 N–H and O–H groups in total. The van der Waals surface area contributed by atoms with Gasteiger partial charge in [-0.05, 0) is 18.1 Å². The number of hydrogen-bond donors (Lipinski definition) is 2. The highest BCUT2D eigenvalue weighted by molar-refractivity contribution is 5.40. The molecule has 0 amide bonds. The molecule has 1 heterocycles. The van der Waals surface area contributed by atoms with E-state index in [1.165, 1.54) is 7.11 Å². The molecule has 0 aliphatic carbocycles. The van der Waals surface area contributed by atoms with Gasteiger partial charge in [0.2, 0.25) is 0 Å². The fourth-order valence-electron chi connectivity index (χ4n) is 2.15. The van der Waals surface area contributed by atoms with Gasteiger partial charge in [-0.15, -0.1) is 0 Å². The molecule has 0 spiro atoms. The van der Waals surface area contributed by atoms with E-state index in [0.717, 1.165) is 44.4 Å².